The van der Waals surface area contributed by atoms with E-state index in [0.29, 0.717) is 5.88 Å². The Bertz CT molecular complexity index is 750. The number of halogens is 1. The highest BCUT2D eigenvalue weighted by Gasteiger charge is 2.13. The topological polar surface area (TPSA) is 39.9 Å². The third kappa shape index (κ3) is 2.12. The smallest absolute Gasteiger partial charge is 0.164 e. The van der Waals surface area contributed by atoms with E-state index in [1.165, 1.54) is 0 Å². The van der Waals surface area contributed by atoms with Crippen LogP contribution in [0.3, 0.4) is 0 Å². The van der Waals surface area contributed by atoms with E-state index in [2.05, 4.69) is 9.97 Å². The number of rotatable bonds is 3. The SMILES string of the molecule is COc1ccc(-n2c(CCl)nc3ccc(C)nc32)cc1. The van der Waals surface area contributed by atoms with Gasteiger partial charge in [0.2, 0.25) is 0 Å². The van der Waals surface area contributed by atoms with Gasteiger partial charge in [0, 0.05) is 11.4 Å². The average Bonchev–Trinajstić information content (AvgIpc) is 2.85. The quantitative estimate of drug-likeness (QED) is 0.693. The first-order valence-corrected chi connectivity index (χ1v) is 6.82. The molecular formula is C15H14ClN3O. The molecule has 0 saturated carbocycles. The van der Waals surface area contributed by atoms with Gasteiger partial charge in [-0.15, -0.1) is 11.6 Å². The maximum Gasteiger partial charge on any atom is 0.164 e. The lowest BCUT2D eigenvalue weighted by atomic mass is 10.3. The van der Waals surface area contributed by atoms with Crippen LogP contribution in [-0.4, -0.2) is 21.6 Å². The minimum atomic E-state index is 0.335. The van der Waals surface area contributed by atoms with Crippen LogP contribution in [-0.2, 0) is 5.88 Å². The van der Waals surface area contributed by atoms with Crippen LogP contribution >= 0.6 is 11.6 Å². The van der Waals surface area contributed by atoms with E-state index >= 15 is 0 Å². The number of hydrogen-bond acceptors (Lipinski definition) is 3. The summed E-state index contributed by atoms with van der Waals surface area (Å²) in [6.45, 7) is 1.96. The molecule has 0 atom stereocenters. The lowest BCUT2D eigenvalue weighted by molar-refractivity contribution is 0.414. The van der Waals surface area contributed by atoms with E-state index in [4.69, 9.17) is 16.3 Å². The second kappa shape index (κ2) is 5.13. The monoisotopic (exact) mass is 287 g/mol. The Kier molecular flexibility index (Phi) is 3.32. The summed E-state index contributed by atoms with van der Waals surface area (Å²) in [5, 5.41) is 0. The molecule has 0 spiro atoms. The Balaban J connectivity index is 2.24. The minimum absolute atomic E-state index is 0.335. The van der Waals surface area contributed by atoms with Crippen LogP contribution in [0.15, 0.2) is 36.4 Å². The highest BCUT2D eigenvalue weighted by molar-refractivity contribution is 6.16. The maximum atomic E-state index is 6.02. The van der Waals surface area contributed by atoms with Gasteiger partial charge in [0.25, 0.3) is 0 Å². The van der Waals surface area contributed by atoms with Gasteiger partial charge in [0.05, 0.1) is 13.0 Å². The van der Waals surface area contributed by atoms with Gasteiger partial charge in [-0.1, -0.05) is 0 Å². The van der Waals surface area contributed by atoms with E-state index in [9.17, 15) is 0 Å². The largest absolute Gasteiger partial charge is 0.497 e. The van der Waals surface area contributed by atoms with Gasteiger partial charge in [-0.25, -0.2) is 9.97 Å². The number of methoxy groups -OCH3 is 1. The van der Waals surface area contributed by atoms with Crippen molar-refractivity contribution in [3.05, 3.63) is 47.9 Å². The predicted molar refractivity (Wildman–Crippen MR) is 79.7 cm³/mol. The van der Waals surface area contributed by atoms with E-state index in [1.54, 1.807) is 7.11 Å². The summed E-state index contributed by atoms with van der Waals surface area (Å²) in [6.07, 6.45) is 0. The molecule has 4 nitrogen and oxygen atoms in total. The summed E-state index contributed by atoms with van der Waals surface area (Å²) in [7, 11) is 1.65. The Hall–Kier alpha value is -2.07. The van der Waals surface area contributed by atoms with Crippen molar-refractivity contribution >= 4 is 22.8 Å². The van der Waals surface area contributed by atoms with Gasteiger partial charge in [0.15, 0.2) is 5.65 Å². The molecule has 20 heavy (non-hydrogen) atoms. The first-order chi connectivity index (χ1) is 9.72. The van der Waals surface area contributed by atoms with Crippen molar-refractivity contribution in [3.63, 3.8) is 0 Å². The molecule has 1 aromatic carbocycles. The number of nitrogens with zero attached hydrogens (tertiary/aromatic N) is 3. The maximum absolute atomic E-state index is 6.02. The molecule has 102 valence electrons. The fraction of sp³-hybridized carbons (Fsp3) is 0.200. The number of aryl methyl sites for hydroxylation is 1. The summed E-state index contributed by atoms with van der Waals surface area (Å²) in [5.74, 6) is 1.93. The zero-order chi connectivity index (χ0) is 14.1. The minimum Gasteiger partial charge on any atom is -0.497 e. The van der Waals surface area contributed by atoms with Gasteiger partial charge < -0.3 is 4.74 Å². The van der Waals surface area contributed by atoms with Crippen molar-refractivity contribution in [1.82, 2.24) is 14.5 Å². The lowest BCUT2D eigenvalue weighted by Gasteiger charge is -2.08. The predicted octanol–water partition coefficient (Wildman–Crippen LogP) is 3.48. The summed E-state index contributed by atoms with van der Waals surface area (Å²) in [5.41, 5.74) is 3.60. The van der Waals surface area contributed by atoms with Gasteiger partial charge in [-0.2, -0.15) is 0 Å². The van der Waals surface area contributed by atoms with Gasteiger partial charge in [-0.05, 0) is 43.3 Å². The summed E-state index contributed by atoms with van der Waals surface area (Å²) < 4.78 is 7.16. The molecule has 0 aliphatic carbocycles. The Morgan fingerprint density at radius 3 is 2.50 bits per heavy atom. The van der Waals surface area contributed by atoms with Crippen LogP contribution in [0, 0.1) is 6.92 Å². The first kappa shape index (κ1) is 12.9. The average molecular weight is 288 g/mol. The number of imidazole rings is 1. The molecule has 0 saturated heterocycles. The summed E-state index contributed by atoms with van der Waals surface area (Å²) >= 11 is 6.02. The Morgan fingerprint density at radius 2 is 1.85 bits per heavy atom. The fourth-order valence-corrected chi connectivity index (χ4v) is 2.37. The van der Waals surface area contributed by atoms with Crippen molar-refractivity contribution in [2.75, 3.05) is 7.11 Å². The highest BCUT2D eigenvalue weighted by Crippen LogP contribution is 2.23. The van der Waals surface area contributed by atoms with Crippen LogP contribution in [0.5, 0.6) is 5.75 Å². The van der Waals surface area contributed by atoms with E-state index in [-0.39, 0.29) is 0 Å². The standard InChI is InChI=1S/C15H14ClN3O/c1-10-3-8-13-15(17-10)19(14(9-16)18-13)11-4-6-12(20-2)7-5-11/h3-8H,9H2,1-2H3. The van der Waals surface area contributed by atoms with Crippen molar-refractivity contribution in [1.29, 1.82) is 0 Å². The number of alkyl halides is 1. The van der Waals surface area contributed by atoms with Gasteiger partial charge >= 0.3 is 0 Å². The van der Waals surface area contributed by atoms with E-state index in [1.807, 2.05) is 47.9 Å². The number of pyridine rings is 1. The number of ether oxygens (including phenoxy) is 1. The molecule has 0 N–H and O–H groups in total. The Labute approximate surface area is 122 Å². The first-order valence-electron chi connectivity index (χ1n) is 6.28. The second-order valence-electron chi connectivity index (χ2n) is 4.49. The third-order valence-corrected chi connectivity index (χ3v) is 3.40. The molecule has 0 aliphatic heterocycles. The normalized spacial score (nSPS) is 10.9. The molecular weight excluding hydrogens is 274 g/mol. The van der Waals surface area contributed by atoms with Crippen LogP contribution < -0.4 is 4.74 Å². The molecule has 0 radical (unpaired) electrons. The number of hydrogen-bond donors (Lipinski definition) is 0. The number of fused-ring (bicyclic) bond motifs is 1. The van der Waals surface area contributed by atoms with Crippen molar-refractivity contribution in [3.8, 4) is 11.4 Å². The zero-order valence-electron chi connectivity index (χ0n) is 11.3. The van der Waals surface area contributed by atoms with E-state index < -0.39 is 0 Å². The molecule has 3 rings (SSSR count). The molecule has 0 unspecified atom stereocenters. The van der Waals surface area contributed by atoms with Crippen LogP contribution in [0.4, 0.5) is 0 Å². The lowest BCUT2D eigenvalue weighted by Crippen LogP contribution is -2.00. The molecule has 2 heterocycles. The Morgan fingerprint density at radius 1 is 1.10 bits per heavy atom. The van der Waals surface area contributed by atoms with Gasteiger partial charge in [0.1, 0.15) is 17.1 Å². The highest BCUT2D eigenvalue weighted by atomic mass is 35.5. The van der Waals surface area contributed by atoms with Crippen molar-refractivity contribution in [2.24, 2.45) is 0 Å². The zero-order valence-corrected chi connectivity index (χ0v) is 12.1. The second-order valence-corrected chi connectivity index (χ2v) is 4.76. The van der Waals surface area contributed by atoms with Crippen molar-refractivity contribution in [2.45, 2.75) is 12.8 Å². The summed E-state index contributed by atoms with van der Waals surface area (Å²) in [6, 6.07) is 11.7. The van der Waals surface area contributed by atoms with Gasteiger partial charge in [-0.3, -0.25) is 4.57 Å². The molecule has 2 aromatic heterocycles. The van der Waals surface area contributed by atoms with Crippen LogP contribution in [0.2, 0.25) is 0 Å². The van der Waals surface area contributed by atoms with Crippen LogP contribution in [0.1, 0.15) is 11.5 Å². The molecule has 5 heteroatoms. The molecule has 0 amide bonds. The fourth-order valence-electron chi connectivity index (χ4n) is 2.19. The molecule has 0 bridgehead atoms. The number of aromatic nitrogens is 3. The molecule has 3 aromatic rings. The number of benzene rings is 1. The van der Waals surface area contributed by atoms with E-state index in [0.717, 1.165) is 34.1 Å². The van der Waals surface area contributed by atoms with Crippen LogP contribution in [0.25, 0.3) is 16.9 Å². The molecule has 0 aliphatic rings. The van der Waals surface area contributed by atoms with Crippen molar-refractivity contribution < 1.29 is 4.74 Å². The molecule has 0 fully saturated rings. The summed E-state index contributed by atoms with van der Waals surface area (Å²) in [4.78, 5) is 9.10. The third-order valence-electron chi connectivity index (χ3n) is 3.16.